The van der Waals surface area contributed by atoms with Crippen molar-refractivity contribution in [2.24, 2.45) is 0 Å². The second-order valence-electron chi connectivity index (χ2n) is 4.99. The maximum Gasteiger partial charge on any atom is 0.234 e. The van der Waals surface area contributed by atoms with Crippen molar-refractivity contribution in [2.45, 2.75) is 19.9 Å². The molecule has 0 fully saturated rings. The summed E-state index contributed by atoms with van der Waals surface area (Å²) in [4.78, 5) is 17.9. The van der Waals surface area contributed by atoms with Crippen LogP contribution in [-0.2, 0) is 16.1 Å². The fourth-order valence-electron chi connectivity index (χ4n) is 1.88. The first-order valence-corrected chi connectivity index (χ1v) is 7.28. The van der Waals surface area contributed by atoms with Crippen LogP contribution in [0, 0.1) is 0 Å². The minimum atomic E-state index is 0.00735. The summed E-state index contributed by atoms with van der Waals surface area (Å²) in [5.41, 5.74) is 1.13. The molecule has 2 N–H and O–H groups in total. The fourth-order valence-corrected chi connectivity index (χ4v) is 1.88. The molecule has 0 aromatic carbocycles. The van der Waals surface area contributed by atoms with Crippen molar-refractivity contribution in [3.8, 4) is 0 Å². The maximum absolute atomic E-state index is 11.7. The van der Waals surface area contributed by atoms with Gasteiger partial charge in [0.2, 0.25) is 5.91 Å². The van der Waals surface area contributed by atoms with Crippen LogP contribution in [0.2, 0.25) is 0 Å². The van der Waals surface area contributed by atoms with Crippen LogP contribution in [0.1, 0.15) is 18.9 Å². The third-order valence-electron chi connectivity index (χ3n) is 2.87. The smallest absolute Gasteiger partial charge is 0.234 e. The number of hydrogen-bond donors (Lipinski definition) is 2. The molecule has 21 heavy (non-hydrogen) atoms. The van der Waals surface area contributed by atoms with E-state index in [2.05, 4.69) is 22.5 Å². The molecule has 0 aliphatic heterocycles. The number of ether oxygens (including phenoxy) is 1. The minimum Gasteiger partial charge on any atom is -0.383 e. The summed E-state index contributed by atoms with van der Waals surface area (Å²) in [7, 11) is 3.54. The highest BCUT2D eigenvalue weighted by Gasteiger charge is 2.07. The lowest BCUT2D eigenvalue weighted by atomic mass is 10.2. The Kier molecular flexibility index (Phi) is 8.38. The number of pyridine rings is 1. The van der Waals surface area contributed by atoms with Gasteiger partial charge in [0.15, 0.2) is 0 Å². The van der Waals surface area contributed by atoms with Crippen molar-refractivity contribution in [1.29, 1.82) is 0 Å². The van der Waals surface area contributed by atoms with Crippen LogP contribution >= 0.6 is 0 Å². The first-order chi connectivity index (χ1) is 10.2. The number of aromatic nitrogens is 1. The zero-order valence-corrected chi connectivity index (χ0v) is 13.2. The van der Waals surface area contributed by atoms with Crippen molar-refractivity contribution >= 4 is 11.7 Å². The minimum absolute atomic E-state index is 0.00735. The van der Waals surface area contributed by atoms with Crippen LogP contribution in [0.25, 0.3) is 0 Å². The molecule has 6 heteroatoms. The van der Waals surface area contributed by atoms with Gasteiger partial charge < -0.3 is 15.4 Å². The van der Waals surface area contributed by atoms with Crippen LogP contribution in [0.5, 0.6) is 0 Å². The van der Waals surface area contributed by atoms with E-state index in [1.807, 2.05) is 24.1 Å². The Hall–Kier alpha value is -1.66. The Labute approximate surface area is 126 Å². The lowest BCUT2D eigenvalue weighted by Gasteiger charge is -2.16. The van der Waals surface area contributed by atoms with E-state index in [9.17, 15) is 4.79 Å². The molecule has 0 unspecified atom stereocenters. The summed E-state index contributed by atoms with van der Waals surface area (Å²) in [6, 6.07) is 3.99. The highest BCUT2D eigenvalue weighted by Crippen LogP contribution is 2.08. The molecule has 1 aromatic heterocycles. The number of methoxy groups -OCH3 is 1. The molecule has 1 heterocycles. The number of carbonyl (C=O) groups is 1. The van der Waals surface area contributed by atoms with E-state index in [0.29, 0.717) is 26.2 Å². The first kappa shape index (κ1) is 17.4. The molecule has 118 valence electrons. The molecule has 1 aromatic rings. The van der Waals surface area contributed by atoms with Gasteiger partial charge >= 0.3 is 0 Å². The van der Waals surface area contributed by atoms with Crippen LogP contribution < -0.4 is 10.6 Å². The number of likely N-dealkylation sites (N-methyl/N-ethyl adjacent to an activating group) is 1. The summed E-state index contributed by atoms with van der Waals surface area (Å²) >= 11 is 0. The Balaban J connectivity index is 2.39. The Morgan fingerprint density at radius 2 is 2.24 bits per heavy atom. The van der Waals surface area contributed by atoms with Gasteiger partial charge in [-0.3, -0.25) is 9.69 Å². The summed E-state index contributed by atoms with van der Waals surface area (Å²) in [5.74, 6) is 0.889. The van der Waals surface area contributed by atoms with Gasteiger partial charge in [-0.05, 0) is 31.2 Å². The molecule has 0 aliphatic carbocycles. The van der Waals surface area contributed by atoms with Gasteiger partial charge in [-0.2, -0.15) is 0 Å². The largest absolute Gasteiger partial charge is 0.383 e. The first-order valence-electron chi connectivity index (χ1n) is 7.28. The monoisotopic (exact) mass is 294 g/mol. The van der Waals surface area contributed by atoms with Crippen LogP contribution in [-0.4, -0.2) is 56.2 Å². The van der Waals surface area contributed by atoms with Gasteiger partial charge in [-0.1, -0.05) is 6.92 Å². The Bertz CT molecular complexity index is 426. The van der Waals surface area contributed by atoms with Gasteiger partial charge in [-0.15, -0.1) is 0 Å². The lowest BCUT2D eigenvalue weighted by Crippen LogP contribution is -2.36. The molecule has 0 bridgehead atoms. The SMILES string of the molecule is CCCNc1cc(CN(C)CC(=O)NCCOC)ccn1. The average Bonchev–Trinajstić information content (AvgIpc) is 2.45. The number of rotatable bonds is 10. The number of nitrogens with zero attached hydrogens (tertiary/aromatic N) is 2. The fraction of sp³-hybridized carbons (Fsp3) is 0.600. The standard InChI is InChI=1S/C15H26N4O2/c1-4-6-16-14-10-13(5-7-17-14)11-19(2)12-15(20)18-8-9-21-3/h5,7,10H,4,6,8-9,11-12H2,1-3H3,(H,16,17)(H,18,20). The van der Waals surface area contributed by atoms with Crippen molar-refractivity contribution in [2.75, 3.05) is 45.7 Å². The van der Waals surface area contributed by atoms with Crippen LogP contribution in [0.3, 0.4) is 0 Å². The van der Waals surface area contributed by atoms with E-state index < -0.39 is 0 Å². The molecule has 0 radical (unpaired) electrons. The van der Waals surface area contributed by atoms with Crippen molar-refractivity contribution in [3.63, 3.8) is 0 Å². The Morgan fingerprint density at radius 3 is 2.95 bits per heavy atom. The number of carbonyl (C=O) groups excluding carboxylic acids is 1. The van der Waals surface area contributed by atoms with Gasteiger partial charge in [-0.25, -0.2) is 4.98 Å². The van der Waals surface area contributed by atoms with Gasteiger partial charge in [0.1, 0.15) is 5.82 Å². The third-order valence-corrected chi connectivity index (χ3v) is 2.87. The highest BCUT2D eigenvalue weighted by molar-refractivity contribution is 5.77. The number of amides is 1. The summed E-state index contributed by atoms with van der Waals surface area (Å²) in [6.45, 7) is 5.18. The quantitative estimate of drug-likeness (QED) is 0.633. The van der Waals surface area contributed by atoms with E-state index >= 15 is 0 Å². The van der Waals surface area contributed by atoms with E-state index in [1.54, 1.807) is 13.3 Å². The van der Waals surface area contributed by atoms with Gasteiger partial charge in [0, 0.05) is 32.9 Å². The second kappa shape index (κ2) is 10.1. The number of hydrogen-bond acceptors (Lipinski definition) is 5. The summed E-state index contributed by atoms with van der Waals surface area (Å²) in [5, 5.41) is 6.07. The predicted molar refractivity (Wildman–Crippen MR) is 84.2 cm³/mol. The van der Waals surface area contributed by atoms with Crippen LogP contribution in [0.4, 0.5) is 5.82 Å². The van der Waals surface area contributed by atoms with Crippen molar-refractivity contribution in [1.82, 2.24) is 15.2 Å². The topological polar surface area (TPSA) is 66.5 Å². The molecule has 0 aliphatic rings. The number of nitrogens with one attached hydrogen (secondary N) is 2. The molecule has 1 amide bonds. The molecule has 0 atom stereocenters. The van der Waals surface area contributed by atoms with Crippen molar-refractivity contribution < 1.29 is 9.53 Å². The predicted octanol–water partition coefficient (Wildman–Crippen LogP) is 1.10. The number of anilines is 1. The van der Waals surface area contributed by atoms with E-state index in [1.165, 1.54) is 0 Å². The normalized spacial score (nSPS) is 10.7. The summed E-state index contributed by atoms with van der Waals surface area (Å²) in [6.07, 6.45) is 2.85. The van der Waals surface area contributed by atoms with Crippen LogP contribution in [0.15, 0.2) is 18.3 Å². The average molecular weight is 294 g/mol. The third kappa shape index (κ3) is 7.63. The van der Waals surface area contributed by atoms with Gasteiger partial charge in [0.05, 0.1) is 13.2 Å². The molecular weight excluding hydrogens is 268 g/mol. The molecule has 0 saturated heterocycles. The molecule has 0 saturated carbocycles. The zero-order chi connectivity index (χ0) is 15.5. The lowest BCUT2D eigenvalue weighted by molar-refractivity contribution is -0.122. The molecule has 6 nitrogen and oxygen atoms in total. The Morgan fingerprint density at radius 1 is 1.43 bits per heavy atom. The van der Waals surface area contributed by atoms with Gasteiger partial charge in [0.25, 0.3) is 0 Å². The maximum atomic E-state index is 11.7. The zero-order valence-electron chi connectivity index (χ0n) is 13.2. The molecule has 1 rings (SSSR count). The van der Waals surface area contributed by atoms with Crippen molar-refractivity contribution in [3.05, 3.63) is 23.9 Å². The van der Waals surface area contributed by atoms with E-state index in [4.69, 9.17) is 4.74 Å². The second-order valence-corrected chi connectivity index (χ2v) is 4.99. The highest BCUT2D eigenvalue weighted by atomic mass is 16.5. The molecular formula is C15H26N4O2. The van der Waals surface area contributed by atoms with E-state index in [0.717, 1.165) is 24.3 Å². The summed E-state index contributed by atoms with van der Waals surface area (Å²) < 4.78 is 4.90. The van der Waals surface area contributed by atoms with E-state index in [-0.39, 0.29) is 5.91 Å². The molecule has 0 spiro atoms.